The topological polar surface area (TPSA) is 49.0 Å². The molecule has 5 nitrogen and oxygen atoms in total. The minimum absolute atomic E-state index is 0.385. The minimum atomic E-state index is 0.385. The quantitative estimate of drug-likeness (QED) is 0.699. The van der Waals surface area contributed by atoms with E-state index in [1.807, 2.05) is 24.3 Å². The standard InChI is InChI=1S/C21H29NO4/c1-15(6-7-16-8-10-18(23-2)11-9-16)22-14-17-12-19(24-3)21(26-5)20(13-17)25-4/h8-13,15,22H,6-7,14H2,1-5H3. The van der Waals surface area contributed by atoms with Gasteiger partial charge in [0.15, 0.2) is 11.5 Å². The molecule has 0 saturated heterocycles. The van der Waals surface area contributed by atoms with Crippen molar-refractivity contribution in [1.29, 1.82) is 0 Å². The highest BCUT2D eigenvalue weighted by atomic mass is 16.5. The molecule has 0 bridgehead atoms. The number of ether oxygens (including phenoxy) is 4. The van der Waals surface area contributed by atoms with Crippen LogP contribution in [0.2, 0.25) is 0 Å². The summed E-state index contributed by atoms with van der Waals surface area (Å²) in [5.74, 6) is 2.86. The first-order valence-corrected chi connectivity index (χ1v) is 8.76. The van der Waals surface area contributed by atoms with E-state index in [-0.39, 0.29) is 0 Å². The van der Waals surface area contributed by atoms with Crippen molar-refractivity contribution in [3.8, 4) is 23.0 Å². The van der Waals surface area contributed by atoms with Gasteiger partial charge in [-0.05, 0) is 55.2 Å². The van der Waals surface area contributed by atoms with Gasteiger partial charge in [0, 0.05) is 12.6 Å². The fourth-order valence-electron chi connectivity index (χ4n) is 2.81. The maximum atomic E-state index is 5.41. The average Bonchev–Trinajstić information content (AvgIpc) is 2.69. The summed E-state index contributed by atoms with van der Waals surface area (Å²) in [4.78, 5) is 0. The van der Waals surface area contributed by atoms with Crippen molar-refractivity contribution >= 4 is 0 Å². The Morgan fingerprint density at radius 1 is 0.808 bits per heavy atom. The van der Waals surface area contributed by atoms with E-state index in [0.29, 0.717) is 23.3 Å². The van der Waals surface area contributed by atoms with Gasteiger partial charge in [-0.1, -0.05) is 12.1 Å². The number of nitrogens with one attached hydrogen (secondary N) is 1. The molecule has 2 rings (SSSR count). The maximum absolute atomic E-state index is 5.41. The SMILES string of the molecule is COc1ccc(CCC(C)NCc2cc(OC)c(OC)c(OC)c2)cc1. The summed E-state index contributed by atoms with van der Waals surface area (Å²) in [5, 5.41) is 3.56. The van der Waals surface area contributed by atoms with Crippen LogP contribution in [0, 0.1) is 0 Å². The highest BCUT2D eigenvalue weighted by Crippen LogP contribution is 2.38. The number of aryl methyl sites for hydroxylation is 1. The molecular formula is C21H29NO4. The van der Waals surface area contributed by atoms with Crippen LogP contribution in [0.3, 0.4) is 0 Å². The van der Waals surface area contributed by atoms with E-state index in [1.54, 1.807) is 28.4 Å². The first-order valence-electron chi connectivity index (χ1n) is 8.76. The Bertz CT molecular complexity index is 660. The Balaban J connectivity index is 1.90. The summed E-state index contributed by atoms with van der Waals surface area (Å²) in [5.41, 5.74) is 2.41. The predicted molar refractivity (Wildman–Crippen MR) is 104 cm³/mol. The van der Waals surface area contributed by atoms with Gasteiger partial charge in [-0.3, -0.25) is 0 Å². The van der Waals surface area contributed by atoms with E-state index >= 15 is 0 Å². The second kappa shape index (κ2) is 9.92. The second-order valence-corrected chi connectivity index (χ2v) is 6.20. The molecule has 2 aromatic rings. The highest BCUT2D eigenvalue weighted by molar-refractivity contribution is 5.53. The predicted octanol–water partition coefficient (Wildman–Crippen LogP) is 3.83. The molecule has 0 aliphatic rings. The summed E-state index contributed by atoms with van der Waals surface area (Å²) in [7, 11) is 6.56. The lowest BCUT2D eigenvalue weighted by Gasteiger charge is -2.17. The third-order valence-corrected chi connectivity index (χ3v) is 4.40. The zero-order valence-corrected chi connectivity index (χ0v) is 16.3. The molecule has 0 spiro atoms. The summed E-state index contributed by atoms with van der Waals surface area (Å²) in [6.45, 7) is 2.93. The molecule has 1 atom stereocenters. The molecule has 26 heavy (non-hydrogen) atoms. The van der Waals surface area contributed by atoms with Gasteiger partial charge >= 0.3 is 0 Å². The number of hydrogen-bond acceptors (Lipinski definition) is 5. The minimum Gasteiger partial charge on any atom is -0.497 e. The number of rotatable bonds is 10. The molecule has 0 heterocycles. The molecule has 1 unspecified atom stereocenters. The van der Waals surface area contributed by atoms with Crippen molar-refractivity contribution in [2.45, 2.75) is 32.4 Å². The van der Waals surface area contributed by atoms with E-state index in [1.165, 1.54) is 5.56 Å². The summed E-state index contributed by atoms with van der Waals surface area (Å²) in [6.07, 6.45) is 2.07. The number of benzene rings is 2. The van der Waals surface area contributed by atoms with Crippen LogP contribution in [0.4, 0.5) is 0 Å². The van der Waals surface area contributed by atoms with E-state index in [4.69, 9.17) is 18.9 Å². The Morgan fingerprint density at radius 3 is 1.92 bits per heavy atom. The van der Waals surface area contributed by atoms with Gasteiger partial charge in [0.2, 0.25) is 5.75 Å². The molecule has 1 N–H and O–H groups in total. The molecule has 0 aromatic heterocycles. The molecule has 0 saturated carbocycles. The normalized spacial score (nSPS) is 11.7. The van der Waals surface area contributed by atoms with Crippen LogP contribution >= 0.6 is 0 Å². The Kier molecular flexibility index (Phi) is 7.60. The fraction of sp³-hybridized carbons (Fsp3) is 0.429. The van der Waals surface area contributed by atoms with Gasteiger partial charge in [0.25, 0.3) is 0 Å². The fourth-order valence-corrected chi connectivity index (χ4v) is 2.81. The molecule has 142 valence electrons. The number of hydrogen-bond donors (Lipinski definition) is 1. The van der Waals surface area contributed by atoms with Crippen LogP contribution in [0.15, 0.2) is 36.4 Å². The van der Waals surface area contributed by atoms with Crippen molar-refractivity contribution in [2.24, 2.45) is 0 Å². The zero-order chi connectivity index (χ0) is 18.9. The first-order chi connectivity index (χ1) is 12.6. The van der Waals surface area contributed by atoms with Crippen LogP contribution in [-0.2, 0) is 13.0 Å². The van der Waals surface area contributed by atoms with Crippen LogP contribution < -0.4 is 24.3 Å². The molecule has 0 aliphatic carbocycles. The Labute approximate surface area is 156 Å². The highest BCUT2D eigenvalue weighted by Gasteiger charge is 2.13. The molecule has 0 aliphatic heterocycles. The van der Waals surface area contributed by atoms with Gasteiger partial charge in [-0.25, -0.2) is 0 Å². The lowest BCUT2D eigenvalue weighted by molar-refractivity contribution is 0.323. The largest absolute Gasteiger partial charge is 0.497 e. The molecule has 0 radical (unpaired) electrons. The lowest BCUT2D eigenvalue weighted by atomic mass is 10.1. The molecule has 0 fully saturated rings. The van der Waals surface area contributed by atoms with Crippen LogP contribution in [0.5, 0.6) is 23.0 Å². The van der Waals surface area contributed by atoms with Gasteiger partial charge in [-0.15, -0.1) is 0 Å². The van der Waals surface area contributed by atoms with Crippen molar-refractivity contribution in [3.63, 3.8) is 0 Å². The van der Waals surface area contributed by atoms with Gasteiger partial charge in [0.05, 0.1) is 28.4 Å². The monoisotopic (exact) mass is 359 g/mol. The van der Waals surface area contributed by atoms with Gasteiger partial charge in [0.1, 0.15) is 5.75 Å². The molecule has 2 aromatic carbocycles. The Morgan fingerprint density at radius 2 is 1.42 bits per heavy atom. The second-order valence-electron chi connectivity index (χ2n) is 6.20. The third-order valence-electron chi connectivity index (χ3n) is 4.40. The van der Waals surface area contributed by atoms with Crippen LogP contribution in [-0.4, -0.2) is 34.5 Å². The first kappa shape index (κ1) is 19.9. The molecular weight excluding hydrogens is 330 g/mol. The average molecular weight is 359 g/mol. The number of methoxy groups -OCH3 is 4. The van der Waals surface area contributed by atoms with Crippen molar-refractivity contribution < 1.29 is 18.9 Å². The summed E-state index contributed by atoms with van der Waals surface area (Å²) in [6, 6.07) is 12.6. The third kappa shape index (κ3) is 5.30. The van der Waals surface area contributed by atoms with Gasteiger partial charge in [-0.2, -0.15) is 0 Å². The van der Waals surface area contributed by atoms with E-state index in [2.05, 4.69) is 24.4 Å². The Hall–Kier alpha value is -2.40. The van der Waals surface area contributed by atoms with E-state index in [9.17, 15) is 0 Å². The lowest BCUT2D eigenvalue weighted by Crippen LogP contribution is -2.26. The van der Waals surface area contributed by atoms with Crippen molar-refractivity contribution in [1.82, 2.24) is 5.32 Å². The maximum Gasteiger partial charge on any atom is 0.203 e. The van der Waals surface area contributed by atoms with Gasteiger partial charge < -0.3 is 24.3 Å². The smallest absolute Gasteiger partial charge is 0.203 e. The van der Waals surface area contributed by atoms with Crippen molar-refractivity contribution in [2.75, 3.05) is 28.4 Å². The van der Waals surface area contributed by atoms with Crippen LogP contribution in [0.1, 0.15) is 24.5 Å². The van der Waals surface area contributed by atoms with E-state index < -0.39 is 0 Å². The zero-order valence-electron chi connectivity index (χ0n) is 16.3. The van der Waals surface area contributed by atoms with E-state index in [0.717, 1.165) is 30.7 Å². The summed E-state index contributed by atoms with van der Waals surface area (Å²) >= 11 is 0. The van der Waals surface area contributed by atoms with Crippen molar-refractivity contribution in [3.05, 3.63) is 47.5 Å². The molecule has 5 heteroatoms. The summed E-state index contributed by atoms with van der Waals surface area (Å²) < 4.78 is 21.4. The molecule has 0 amide bonds. The van der Waals surface area contributed by atoms with Crippen LogP contribution in [0.25, 0.3) is 0 Å².